The quantitative estimate of drug-likeness (QED) is 0.922. The molecule has 0 bridgehead atoms. The lowest BCUT2D eigenvalue weighted by Crippen LogP contribution is -2.40. The van der Waals surface area contributed by atoms with Crippen molar-refractivity contribution in [1.82, 2.24) is 4.90 Å². The van der Waals surface area contributed by atoms with Gasteiger partial charge in [0.05, 0.1) is 0 Å². The number of anilines is 1. The number of likely N-dealkylation sites (tertiary alicyclic amines) is 1. The Morgan fingerprint density at radius 2 is 2.14 bits per heavy atom. The molecule has 1 aromatic rings. The van der Waals surface area contributed by atoms with Gasteiger partial charge in [-0.05, 0) is 37.8 Å². The lowest BCUT2D eigenvalue weighted by molar-refractivity contribution is -0.130. The number of aryl methyl sites for hydroxylation is 1. The molecule has 1 unspecified atom stereocenters. The van der Waals surface area contributed by atoms with Crippen molar-refractivity contribution in [1.29, 1.82) is 0 Å². The van der Waals surface area contributed by atoms with Gasteiger partial charge in [-0.15, -0.1) is 0 Å². The van der Waals surface area contributed by atoms with E-state index in [2.05, 4.69) is 36.1 Å². The zero-order valence-electron chi connectivity index (χ0n) is 12.8. The number of nitrogens with zero attached hydrogens (tertiary/aromatic N) is 2. The van der Waals surface area contributed by atoms with Crippen molar-refractivity contribution in [3.05, 3.63) is 29.8 Å². The molecule has 4 heteroatoms. The fourth-order valence-electron chi connectivity index (χ4n) is 3.49. The number of carbonyl (C=O) groups is 1. The van der Waals surface area contributed by atoms with Gasteiger partial charge < -0.3 is 15.5 Å². The summed E-state index contributed by atoms with van der Waals surface area (Å²) in [6.45, 7) is 4.62. The van der Waals surface area contributed by atoms with Gasteiger partial charge in [-0.3, -0.25) is 4.79 Å². The molecule has 1 amide bonds. The van der Waals surface area contributed by atoms with Gasteiger partial charge in [0.1, 0.15) is 0 Å². The number of hydrogen-bond acceptors (Lipinski definition) is 3. The van der Waals surface area contributed by atoms with Crippen LogP contribution in [0.3, 0.4) is 0 Å². The third-order valence-electron chi connectivity index (χ3n) is 4.81. The SMILES string of the molecule is CC1CCc2ccccc2N1CCC(=O)N1CC[C@@H](N)C1. The second kappa shape index (κ2) is 6.06. The molecule has 2 aliphatic heterocycles. The van der Waals surface area contributed by atoms with E-state index in [1.807, 2.05) is 4.90 Å². The van der Waals surface area contributed by atoms with E-state index in [1.54, 1.807) is 0 Å². The fraction of sp³-hybridized carbons (Fsp3) is 0.588. The second-order valence-corrected chi connectivity index (χ2v) is 6.35. The van der Waals surface area contributed by atoms with E-state index < -0.39 is 0 Å². The normalized spacial score (nSPS) is 25.0. The second-order valence-electron chi connectivity index (χ2n) is 6.35. The van der Waals surface area contributed by atoms with E-state index in [4.69, 9.17) is 5.73 Å². The minimum atomic E-state index is 0.170. The molecular formula is C17H25N3O. The first-order valence-electron chi connectivity index (χ1n) is 8.03. The molecule has 0 spiro atoms. The lowest BCUT2D eigenvalue weighted by atomic mass is 9.96. The van der Waals surface area contributed by atoms with Crippen molar-refractivity contribution >= 4 is 11.6 Å². The molecule has 3 rings (SSSR count). The van der Waals surface area contributed by atoms with Crippen LogP contribution in [0.4, 0.5) is 5.69 Å². The Hall–Kier alpha value is -1.55. The van der Waals surface area contributed by atoms with Crippen LogP contribution in [0.5, 0.6) is 0 Å². The Morgan fingerprint density at radius 1 is 1.33 bits per heavy atom. The van der Waals surface area contributed by atoms with Crippen LogP contribution in [0.15, 0.2) is 24.3 Å². The standard InChI is InChI=1S/C17H25N3O/c1-13-6-7-14-4-2-3-5-16(14)20(13)11-9-17(21)19-10-8-15(18)12-19/h2-5,13,15H,6-12,18H2,1H3/t13?,15-/m1/s1. The Balaban J connectivity index is 1.63. The maximum absolute atomic E-state index is 12.3. The van der Waals surface area contributed by atoms with Crippen molar-refractivity contribution < 1.29 is 4.79 Å². The molecule has 21 heavy (non-hydrogen) atoms. The van der Waals surface area contributed by atoms with Gasteiger partial charge in [0, 0.05) is 43.8 Å². The first-order chi connectivity index (χ1) is 10.1. The van der Waals surface area contributed by atoms with Crippen molar-refractivity contribution in [2.24, 2.45) is 5.73 Å². The van der Waals surface area contributed by atoms with Crippen LogP contribution in [-0.2, 0) is 11.2 Å². The summed E-state index contributed by atoms with van der Waals surface area (Å²) in [4.78, 5) is 16.6. The molecule has 2 atom stereocenters. The van der Waals surface area contributed by atoms with Crippen LogP contribution in [0.2, 0.25) is 0 Å². The van der Waals surface area contributed by atoms with E-state index >= 15 is 0 Å². The third-order valence-corrected chi connectivity index (χ3v) is 4.81. The Morgan fingerprint density at radius 3 is 2.90 bits per heavy atom. The topological polar surface area (TPSA) is 49.6 Å². The number of rotatable bonds is 3. The first kappa shape index (κ1) is 14.4. The van der Waals surface area contributed by atoms with Gasteiger partial charge in [-0.2, -0.15) is 0 Å². The molecule has 1 saturated heterocycles. The molecule has 0 aromatic heterocycles. The lowest BCUT2D eigenvalue weighted by Gasteiger charge is -2.37. The highest BCUT2D eigenvalue weighted by molar-refractivity contribution is 5.77. The van der Waals surface area contributed by atoms with E-state index in [0.29, 0.717) is 12.5 Å². The summed E-state index contributed by atoms with van der Waals surface area (Å²) in [5.74, 6) is 0.248. The van der Waals surface area contributed by atoms with Gasteiger partial charge >= 0.3 is 0 Å². The highest BCUT2D eigenvalue weighted by Crippen LogP contribution is 2.30. The highest BCUT2D eigenvalue weighted by atomic mass is 16.2. The predicted molar refractivity (Wildman–Crippen MR) is 85.4 cm³/mol. The summed E-state index contributed by atoms with van der Waals surface area (Å²) in [5, 5.41) is 0. The molecule has 0 radical (unpaired) electrons. The largest absolute Gasteiger partial charge is 0.368 e. The Labute approximate surface area is 126 Å². The van der Waals surface area contributed by atoms with Crippen molar-refractivity contribution in [3.8, 4) is 0 Å². The molecule has 1 fully saturated rings. The van der Waals surface area contributed by atoms with Crippen molar-refractivity contribution in [2.75, 3.05) is 24.5 Å². The highest BCUT2D eigenvalue weighted by Gasteiger charge is 2.26. The number of nitrogens with two attached hydrogens (primary N) is 1. The Bertz CT molecular complexity index is 517. The summed E-state index contributed by atoms with van der Waals surface area (Å²) < 4.78 is 0. The maximum atomic E-state index is 12.3. The average molecular weight is 287 g/mol. The summed E-state index contributed by atoms with van der Waals surface area (Å²) in [7, 11) is 0. The zero-order valence-corrected chi connectivity index (χ0v) is 12.8. The minimum absolute atomic E-state index is 0.170. The van der Waals surface area contributed by atoms with Crippen LogP contribution in [-0.4, -0.2) is 42.5 Å². The molecule has 0 saturated carbocycles. The van der Waals surface area contributed by atoms with Crippen LogP contribution < -0.4 is 10.6 Å². The maximum Gasteiger partial charge on any atom is 0.224 e. The van der Waals surface area contributed by atoms with E-state index in [0.717, 1.165) is 32.5 Å². The van der Waals surface area contributed by atoms with Gasteiger partial charge in [0.2, 0.25) is 5.91 Å². The van der Waals surface area contributed by atoms with Crippen LogP contribution in [0.25, 0.3) is 0 Å². The minimum Gasteiger partial charge on any atom is -0.368 e. The third kappa shape index (κ3) is 3.05. The van der Waals surface area contributed by atoms with Crippen molar-refractivity contribution in [3.63, 3.8) is 0 Å². The molecule has 4 nitrogen and oxygen atoms in total. The number of fused-ring (bicyclic) bond motifs is 1. The number of para-hydroxylation sites is 1. The summed E-state index contributed by atoms with van der Waals surface area (Å²) in [6.07, 6.45) is 3.84. The predicted octanol–water partition coefficient (Wildman–Crippen LogP) is 1.78. The molecule has 2 aliphatic rings. The van der Waals surface area contributed by atoms with Crippen LogP contribution in [0.1, 0.15) is 31.7 Å². The van der Waals surface area contributed by atoms with E-state index in [1.165, 1.54) is 17.7 Å². The Kier molecular flexibility index (Phi) is 4.15. The number of benzene rings is 1. The summed E-state index contributed by atoms with van der Waals surface area (Å²) in [6, 6.07) is 9.25. The van der Waals surface area contributed by atoms with E-state index in [-0.39, 0.29) is 11.9 Å². The smallest absolute Gasteiger partial charge is 0.224 e. The number of carbonyl (C=O) groups excluding carboxylic acids is 1. The molecular weight excluding hydrogens is 262 g/mol. The van der Waals surface area contributed by atoms with E-state index in [9.17, 15) is 4.79 Å². The molecule has 2 N–H and O–H groups in total. The van der Waals surface area contributed by atoms with Gasteiger partial charge in [-0.25, -0.2) is 0 Å². The number of hydrogen-bond donors (Lipinski definition) is 1. The average Bonchev–Trinajstić information content (AvgIpc) is 2.92. The van der Waals surface area contributed by atoms with Gasteiger partial charge in [-0.1, -0.05) is 18.2 Å². The van der Waals surface area contributed by atoms with Gasteiger partial charge in [0.15, 0.2) is 0 Å². The van der Waals surface area contributed by atoms with Crippen LogP contribution >= 0.6 is 0 Å². The first-order valence-corrected chi connectivity index (χ1v) is 8.03. The summed E-state index contributed by atoms with van der Waals surface area (Å²) >= 11 is 0. The van der Waals surface area contributed by atoms with Gasteiger partial charge in [0.25, 0.3) is 0 Å². The van der Waals surface area contributed by atoms with Crippen LogP contribution in [0, 0.1) is 0 Å². The molecule has 2 heterocycles. The number of amides is 1. The monoisotopic (exact) mass is 287 g/mol. The fourth-order valence-corrected chi connectivity index (χ4v) is 3.49. The molecule has 0 aliphatic carbocycles. The summed E-state index contributed by atoms with van der Waals surface area (Å²) in [5.41, 5.74) is 8.60. The van der Waals surface area contributed by atoms with Crippen molar-refractivity contribution in [2.45, 2.75) is 44.7 Å². The molecule has 1 aromatic carbocycles. The zero-order chi connectivity index (χ0) is 14.8. The molecule has 114 valence electrons.